The predicted molar refractivity (Wildman–Crippen MR) is 46.1 cm³/mol. The number of rotatable bonds is 2. The highest BCUT2D eigenvalue weighted by atomic mass is 16.5. The third kappa shape index (κ3) is 2.17. The van der Waals surface area contributed by atoms with Gasteiger partial charge < -0.3 is 21.2 Å². The van der Waals surface area contributed by atoms with Crippen molar-refractivity contribution in [2.75, 3.05) is 0 Å². The molecule has 1 aromatic carbocycles. The molecule has 0 aliphatic rings. The highest BCUT2D eigenvalue weighted by Gasteiger charge is 2.03. The second-order valence-electron chi connectivity index (χ2n) is 2.48. The van der Waals surface area contributed by atoms with Crippen LogP contribution < -0.4 is 5.73 Å². The van der Waals surface area contributed by atoms with Gasteiger partial charge in [0.25, 0.3) is 0 Å². The summed E-state index contributed by atoms with van der Waals surface area (Å²) >= 11 is 0. The number of nitrogens with two attached hydrogens (primary N) is 1. The van der Waals surface area contributed by atoms with Crippen LogP contribution in [0.15, 0.2) is 29.4 Å². The first-order valence-corrected chi connectivity index (χ1v) is 3.59. The van der Waals surface area contributed by atoms with Crippen LogP contribution in [0.25, 0.3) is 0 Å². The second kappa shape index (κ2) is 3.88. The van der Waals surface area contributed by atoms with Gasteiger partial charge in [-0.15, -0.1) is 0 Å². The maximum atomic E-state index is 8.76. The Bertz CT molecular complexity index is 306. The van der Waals surface area contributed by atoms with Gasteiger partial charge in [-0.3, -0.25) is 0 Å². The van der Waals surface area contributed by atoms with Crippen LogP contribution in [-0.2, 0) is 0 Å². The fourth-order valence-electron chi connectivity index (χ4n) is 0.884. The minimum Gasteiger partial charge on any atom is -0.409 e. The highest BCUT2D eigenvalue weighted by Crippen LogP contribution is 2.10. The first kappa shape index (κ1) is 9.50. The number of aliphatic hydroxyl groups excluding tert-OH is 1. The number of hydrogen-bond acceptors (Lipinski definition) is 4. The normalized spacial score (nSPS) is 12.1. The first-order valence-electron chi connectivity index (χ1n) is 3.59. The molecule has 0 aliphatic carbocycles. The van der Waals surface area contributed by atoms with E-state index in [2.05, 4.69) is 5.16 Å². The van der Waals surface area contributed by atoms with Crippen molar-refractivity contribution in [2.24, 2.45) is 10.9 Å². The standard InChI is InChI=1S/C8H10N2O3/c9-7(10-13)5-1-3-6(4-2-5)8(11)12/h1-4,8,11-13H,(H2,9,10). The van der Waals surface area contributed by atoms with Crippen LogP contribution in [0, 0.1) is 0 Å². The van der Waals surface area contributed by atoms with E-state index in [1.54, 1.807) is 0 Å². The number of hydrogen-bond donors (Lipinski definition) is 4. The van der Waals surface area contributed by atoms with Crippen molar-refractivity contribution >= 4 is 5.84 Å². The largest absolute Gasteiger partial charge is 0.409 e. The zero-order chi connectivity index (χ0) is 9.84. The van der Waals surface area contributed by atoms with Gasteiger partial charge in [0.1, 0.15) is 0 Å². The molecule has 0 amide bonds. The van der Waals surface area contributed by atoms with Crippen molar-refractivity contribution in [3.63, 3.8) is 0 Å². The Hall–Kier alpha value is -1.59. The molecule has 0 fully saturated rings. The number of amidine groups is 1. The van der Waals surface area contributed by atoms with E-state index in [1.807, 2.05) is 0 Å². The minimum absolute atomic E-state index is 0.0148. The third-order valence-corrected chi connectivity index (χ3v) is 1.61. The van der Waals surface area contributed by atoms with Crippen LogP contribution in [0.3, 0.4) is 0 Å². The molecular weight excluding hydrogens is 172 g/mol. The lowest BCUT2D eigenvalue weighted by Gasteiger charge is -2.04. The molecule has 13 heavy (non-hydrogen) atoms. The monoisotopic (exact) mass is 182 g/mol. The zero-order valence-electron chi connectivity index (χ0n) is 6.75. The number of benzene rings is 1. The van der Waals surface area contributed by atoms with Crippen LogP contribution in [0.4, 0.5) is 0 Å². The SMILES string of the molecule is NC(=NO)c1ccc(C(O)O)cc1. The van der Waals surface area contributed by atoms with Crippen molar-refractivity contribution in [3.8, 4) is 0 Å². The van der Waals surface area contributed by atoms with E-state index in [4.69, 9.17) is 21.2 Å². The molecule has 0 unspecified atom stereocenters. The molecule has 1 aromatic rings. The van der Waals surface area contributed by atoms with Gasteiger partial charge >= 0.3 is 0 Å². The van der Waals surface area contributed by atoms with Crippen molar-refractivity contribution in [1.29, 1.82) is 0 Å². The molecule has 70 valence electrons. The molecule has 5 N–H and O–H groups in total. The molecule has 0 bridgehead atoms. The van der Waals surface area contributed by atoms with Crippen LogP contribution in [0.2, 0.25) is 0 Å². The molecule has 1 rings (SSSR count). The maximum absolute atomic E-state index is 8.76. The quantitative estimate of drug-likeness (QED) is 0.167. The molecule has 0 heterocycles. The summed E-state index contributed by atoms with van der Waals surface area (Å²) in [6.07, 6.45) is -1.50. The lowest BCUT2D eigenvalue weighted by atomic mass is 10.1. The molecule has 5 nitrogen and oxygen atoms in total. The highest BCUT2D eigenvalue weighted by molar-refractivity contribution is 5.96. The molecule has 5 heteroatoms. The average molecular weight is 182 g/mol. The Morgan fingerprint density at radius 1 is 1.23 bits per heavy atom. The Morgan fingerprint density at radius 2 is 1.77 bits per heavy atom. The lowest BCUT2D eigenvalue weighted by Crippen LogP contribution is -2.12. The van der Waals surface area contributed by atoms with Crippen molar-refractivity contribution in [1.82, 2.24) is 0 Å². The average Bonchev–Trinajstić information content (AvgIpc) is 2.17. The van der Waals surface area contributed by atoms with E-state index < -0.39 is 6.29 Å². The van der Waals surface area contributed by atoms with Gasteiger partial charge in [0.05, 0.1) is 0 Å². The number of oxime groups is 1. The number of nitrogens with zero attached hydrogens (tertiary/aromatic N) is 1. The lowest BCUT2D eigenvalue weighted by molar-refractivity contribution is -0.0424. The minimum atomic E-state index is -1.50. The smallest absolute Gasteiger partial charge is 0.178 e. The molecule has 0 aromatic heterocycles. The molecule has 0 aliphatic heterocycles. The van der Waals surface area contributed by atoms with Gasteiger partial charge in [-0.05, 0) is 0 Å². The van der Waals surface area contributed by atoms with Gasteiger partial charge in [-0.25, -0.2) is 0 Å². The summed E-state index contributed by atoms with van der Waals surface area (Å²) in [6, 6.07) is 6.03. The topological polar surface area (TPSA) is 99.1 Å². The summed E-state index contributed by atoms with van der Waals surface area (Å²) in [5.74, 6) is -0.0148. The third-order valence-electron chi connectivity index (χ3n) is 1.61. The molecule has 0 radical (unpaired) electrons. The van der Waals surface area contributed by atoms with E-state index >= 15 is 0 Å². The molecule has 0 spiro atoms. The Labute approximate surface area is 74.7 Å². The van der Waals surface area contributed by atoms with Crippen molar-refractivity contribution in [3.05, 3.63) is 35.4 Å². The van der Waals surface area contributed by atoms with E-state index in [9.17, 15) is 0 Å². The summed E-state index contributed by atoms with van der Waals surface area (Å²) in [5, 5.41) is 28.6. The Balaban J connectivity index is 2.94. The van der Waals surface area contributed by atoms with Crippen LogP contribution in [-0.4, -0.2) is 21.3 Å². The summed E-state index contributed by atoms with van der Waals surface area (Å²) in [7, 11) is 0. The summed E-state index contributed by atoms with van der Waals surface area (Å²) in [4.78, 5) is 0. The summed E-state index contributed by atoms with van der Waals surface area (Å²) < 4.78 is 0. The van der Waals surface area contributed by atoms with E-state index in [1.165, 1.54) is 24.3 Å². The first-order chi connectivity index (χ1) is 6.15. The van der Waals surface area contributed by atoms with E-state index in [-0.39, 0.29) is 5.84 Å². The molecule has 0 atom stereocenters. The fraction of sp³-hybridized carbons (Fsp3) is 0.125. The second-order valence-corrected chi connectivity index (χ2v) is 2.48. The van der Waals surface area contributed by atoms with Crippen molar-refractivity contribution in [2.45, 2.75) is 6.29 Å². The predicted octanol–water partition coefficient (Wildman–Crippen LogP) is -0.236. The van der Waals surface area contributed by atoms with Gasteiger partial charge in [-0.2, -0.15) is 0 Å². The van der Waals surface area contributed by atoms with Crippen LogP contribution >= 0.6 is 0 Å². The van der Waals surface area contributed by atoms with E-state index in [0.717, 1.165) is 0 Å². The maximum Gasteiger partial charge on any atom is 0.178 e. The molecule has 0 saturated heterocycles. The Morgan fingerprint density at radius 3 is 2.15 bits per heavy atom. The van der Waals surface area contributed by atoms with Crippen LogP contribution in [0.1, 0.15) is 17.4 Å². The molecular formula is C8H10N2O3. The fourth-order valence-corrected chi connectivity index (χ4v) is 0.884. The van der Waals surface area contributed by atoms with Crippen molar-refractivity contribution < 1.29 is 15.4 Å². The zero-order valence-corrected chi connectivity index (χ0v) is 6.75. The van der Waals surface area contributed by atoms with Gasteiger partial charge in [0.15, 0.2) is 12.1 Å². The van der Waals surface area contributed by atoms with Gasteiger partial charge in [-0.1, -0.05) is 29.4 Å². The van der Waals surface area contributed by atoms with Gasteiger partial charge in [0.2, 0.25) is 0 Å². The van der Waals surface area contributed by atoms with E-state index in [0.29, 0.717) is 11.1 Å². The summed E-state index contributed by atoms with van der Waals surface area (Å²) in [5.41, 5.74) is 6.17. The van der Waals surface area contributed by atoms with Gasteiger partial charge in [0, 0.05) is 11.1 Å². The molecule has 0 saturated carbocycles. The summed E-state index contributed by atoms with van der Waals surface area (Å²) in [6.45, 7) is 0. The number of aliphatic hydroxyl groups is 2. The van der Waals surface area contributed by atoms with Crippen LogP contribution in [0.5, 0.6) is 0 Å². The Kier molecular flexibility index (Phi) is 2.84.